The van der Waals surface area contributed by atoms with Gasteiger partial charge in [-0.05, 0) is 25.0 Å². The predicted molar refractivity (Wildman–Crippen MR) is 77.3 cm³/mol. The minimum atomic E-state index is -0.273. The van der Waals surface area contributed by atoms with Gasteiger partial charge in [-0.1, -0.05) is 18.9 Å². The Balaban J connectivity index is 2.25. The van der Waals surface area contributed by atoms with E-state index in [4.69, 9.17) is 15.2 Å². The monoisotopic (exact) mass is 278 g/mol. The molecule has 1 saturated carbocycles. The molecule has 1 aromatic rings. The molecule has 3 N–H and O–H groups in total. The summed E-state index contributed by atoms with van der Waals surface area (Å²) in [5.74, 6) is 0.846. The van der Waals surface area contributed by atoms with Gasteiger partial charge in [0, 0.05) is 6.54 Å². The van der Waals surface area contributed by atoms with Gasteiger partial charge < -0.3 is 20.5 Å². The number of hydrogen-bond donors (Lipinski definition) is 2. The van der Waals surface area contributed by atoms with Gasteiger partial charge in [-0.15, -0.1) is 0 Å². The van der Waals surface area contributed by atoms with Gasteiger partial charge in [0.05, 0.1) is 25.3 Å². The first-order valence-corrected chi connectivity index (χ1v) is 6.89. The Bertz CT molecular complexity index is 482. The maximum absolute atomic E-state index is 12.5. The van der Waals surface area contributed by atoms with Crippen molar-refractivity contribution in [1.29, 1.82) is 0 Å². The lowest BCUT2D eigenvalue weighted by Crippen LogP contribution is -2.51. The van der Waals surface area contributed by atoms with E-state index in [2.05, 4.69) is 5.32 Å². The SMILES string of the molecule is COc1cccc(C(=O)NC2(CN)CCCC2)c1OC. The molecular formula is C15H22N2O3. The number of nitrogens with two attached hydrogens (primary N) is 1. The molecule has 0 atom stereocenters. The van der Waals surface area contributed by atoms with E-state index in [9.17, 15) is 4.79 Å². The van der Waals surface area contributed by atoms with E-state index in [-0.39, 0.29) is 11.4 Å². The molecule has 110 valence electrons. The van der Waals surface area contributed by atoms with Gasteiger partial charge in [0.1, 0.15) is 0 Å². The Hall–Kier alpha value is -1.75. The zero-order chi connectivity index (χ0) is 14.6. The van der Waals surface area contributed by atoms with E-state index in [0.29, 0.717) is 23.6 Å². The molecule has 0 radical (unpaired) electrons. The number of ether oxygens (including phenoxy) is 2. The van der Waals surface area contributed by atoms with Crippen molar-refractivity contribution in [2.75, 3.05) is 20.8 Å². The highest BCUT2D eigenvalue weighted by Crippen LogP contribution is 2.33. The first-order chi connectivity index (χ1) is 9.65. The van der Waals surface area contributed by atoms with Crippen LogP contribution in [0.1, 0.15) is 36.0 Å². The fourth-order valence-electron chi connectivity index (χ4n) is 2.81. The van der Waals surface area contributed by atoms with E-state index in [1.807, 2.05) is 0 Å². The van der Waals surface area contributed by atoms with E-state index in [0.717, 1.165) is 25.7 Å². The van der Waals surface area contributed by atoms with Crippen LogP contribution in [0.15, 0.2) is 18.2 Å². The Kier molecular flexibility index (Phi) is 4.49. The molecule has 0 unspecified atom stereocenters. The largest absolute Gasteiger partial charge is 0.493 e. The Morgan fingerprint density at radius 1 is 1.30 bits per heavy atom. The van der Waals surface area contributed by atoms with Crippen LogP contribution in [-0.2, 0) is 0 Å². The molecule has 0 heterocycles. The Morgan fingerprint density at radius 2 is 2.00 bits per heavy atom. The molecule has 1 aliphatic carbocycles. The second-order valence-corrected chi connectivity index (χ2v) is 5.19. The number of methoxy groups -OCH3 is 2. The van der Waals surface area contributed by atoms with Crippen molar-refractivity contribution >= 4 is 5.91 Å². The smallest absolute Gasteiger partial charge is 0.255 e. The summed E-state index contributed by atoms with van der Waals surface area (Å²) in [6.45, 7) is 0.463. The summed E-state index contributed by atoms with van der Waals surface area (Å²) in [7, 11) is 3.08. The average molecular weight is 278 g/mol. The van der Waals surface area contributed by atoms with Gasteiger partial charge in [-0.3, -0.25) is 4.79 Å². The van der Waals surface area contributed by atoms with Crippen LogP contribution >= 0.6 is 0 Å². The highest BCUT2D eigenvalue weighted by molar-refractivity contribution is 5.98. The molecule has 1 fully saturated rings. The second-order valence-electron chi connectivity index (χ2n) is 5.19. The molecule has 1 aliphatic rings. The third-order valence-corrected chi connectivity index (χ3v) is 3.98. The van der Waals surface area contributed by atoms with Gasteiger partial charge >= 0.3 is 0 Å². The molecule has 5 heteroatoms. The quantitative estimate of drug-likeness (QED) is 0.860. The zero-order valence-corrected chi connectivity index (χ0v) is 12.1. The number of carbonyl (C=O) groups excluding carboxylic acids is 1. The maximum atomic E-state index is 12.5. The van der Waals surface area contributed by atoms with Crippen molar-refractivity contribution in [3.8, 4) is 11.5 Å². The van der Waals surface area contributed by atoms with Crippen LogP contribution in [0, 0.1) is 0 Å². The van der Waals surface area contributed by atoms with E-state index in [1.54, 1.807) is 25.3 Å². The van der Waals surface area contributed by atoms with Crippen molar-refractivity contribution < 1.29 is 14.3 Å². The summed E-state index contributed by atoms with van der Waals surface area (Å²) in [6, 6.07) is 5.28. The van der Waals surface area contributed by atoms with Crippen LogP contribution in [0.25, 0.3) is 0 Å². The number of carbonyl (C=O) groups is 1. The Labute approximate surface area is 119 Å². The topological polar surface area (TPSA) is 73.6 Å². The fourth-order valence-corrected chi connectivity index (χ4v) is 2.81. The number of hydrogen-bond acceptors (Lipinski definition) is 4. The number of nitrogens with one attached hydrogen (secondary N) is 1. The summed E-state index contributed by atoms with van der Waals surface area (Å²) < 4.78 is 10.5. The molecule has 0 bridgehead atoms. The van der Waals surface area contributed by atoms with Crippen LogP contribution in [0.3, 0.4) is 0 Å². The second kappa shape index (κ2) is 6.13. The summed E-state index contributed by atoms with van der Waals surface area (Å²) >= 11 is 0. The Morgan fingerprint density at radius 3 is 2.55 bits per heavy atom. The lowest BCUT2D eigenvalue weighted by molar-refractivity contribution is 0.0899. The standard InChI is InChI=1S/C15H22N2O3/c1-19-12-7-5-6-11(13(12)20-2)14(18)17-15(10-16)8-3-4-9-15/h5-7H,3-4,8-10,16H2,1-2H3,(H,17,18). The molecule has 0 saturated heterocycles. The van der Waals surface area contributed by atoms with Gasteiger partial charge in [-0.25, -0.2) is 0 Å². The van der Waals surface area contributed by atoms with Gasteiger partial charge in [0.15, 0.2) is 11.5 Å². The third kappa shape index (κ3) is 2.72. The maximum Gasteiger partial charge on any atom is 0.255 e. The lowest BCUT2D eigenvalue weighted by Gasteiger charge is -2.29. The normalized spacial score (nSPS) is 16.8. The molecule has 0 aromatic heterocycles. The summed E-state index contributed by atoms with van der Waals surface area (Å²) in [5, 5.41) is 3.08. The first-order valence-electron chi connectivity index (χ1n) is 6.89. The van der Waals surface area contributed by atoms with E-state index in [1.165, 1.54) is 7.11 Å². The predicted octanol–water partition coefficient (Wildman–Crippen LogP) is 1.71. The van der Waals surface area contributed by atoms with Crippen molar-refractivity contribution in [2.45, 2.75) is 31.2 Å². The molecule has 1 aromatic carbocycles. The van der Waals surface area contributed by atoms with Crippen LogP contribution in [0.4, 0.5) is 0 Å². The molecule has 2 rings (SSSR count). The van der Waals surface area contributed by atoms with Crippen molar-refractivity contribution in [3.63, 3.8) is 0 Å². The molecule has 0 aliphatic heterocycles. The fraction of sp³-hybridized carbons (Fsp3) is 0.533. The van der Waals surface area contributed by atoms with E-state index < -0.39 is 0 Å². The minimum absolute atomic E-state index is 0.159. The molecular weight excluding hydrogens is 256 g/mol. The number of amides is 1. The van der Waals surface area contributed by atoms with Crippen LogP contribution in [0.5, 0.6) is 11.5 Å². The highest BCUT2D eigenvalue weighted by atomic mass is 16.5. The summed E-state index contributed by atoms with van der Waals surface area (Å²) in [5.41, 5.74) is 6.06. The zero-order valence-electron chi connectivity index (χ0n) is 12.1. The summed E-state index contributed by atoms with van der Waals surface area (Å²) in [6.07, 6.45) is 4.07. The van der Waals surface area contributed by atoms with Crippen LogP contribution in [0.2, 0.25) is 0 Å². The first kappa shape index (κ1) is 14.7. The molecule has 5 nitrogen and oxygen atoms in total. The summed E-state index contributed by atoms with van der Waals surface area (Å²) in [4.78, 5) is 12.5. The molecule has 20 heavy (non-hydrogen) atoms. The van der Waals surface area contributed by atoms with Crippen LogP contribution in [-0.4, -0.2) is 32.2 Å². The number of para-hydroxylation sites is 1. The van der Waals surface area contributed by atoms with Gasteiger partial charge in [0.2, 0.25) is 0 Å². The van der Waals surface area contributed by atoms with Crippen molar-refractivity contribution in [3.05, 3.63) is 23.8 Å². The average Bonchev–Trinajstić information content (AvgIpc) is 2.95. The number of benzene rings is 1. The van der Waals surface area contributed by atoms with Gasteiger partial charge in [0.25, 0.3) is 5.91 Å². The van der Waals surface area contributed by atoms with Crippen LogP contribution < -0.4 is 20.5 Å². The lowest BCUT2D eigenvalue weighted by atomic mass is 9.97. The van der Waals surface area contributed by atoms with Crippen molar-refractivity contribution in [1.82, 2.24) is 5.32 Å². The molecule has 1 amide bonds. The van der Waals surface area contributed by atoms with Gasteiger partial charge in [-0.2, -0.15) is 0 Å². The molecule has 0 spiro atoms. The highest BCUT2D eigenvalue weighted by Gasteiger charge is 2.34. The minimum Gasteiger partial charge on any atom is -0.493 e. The van der Waals surface area contributed by atoms with E-state index >= 15 is 0 Å². The third-order valence-electron chi connectivity index (χ3n) is 3.98. The number of rotatable bonds is 5. The van der Waals surface area contributed by atoms with Crippen molar-refractivity contribution in [2.24, 2.45) is 5.73 Å².